The predicted octanol–water partition coefficient (Wildman–Crippen LogP) is 1.58. The molecule has 0 heterocycles. The molecule has 3 N–H and O–H groups in total. The van der Waals surface area contributed by atoms with Gasteiger partial charge in [-0.25, -0.2) is 0 Å². The van der Waals surface area contributed by atoms with Crippen molar-refractivity contribution in [2.24, 2.45) is 10.9 Å². The van der Waals surface area contributed by atoms with Crippen LogP contribution >= 0.6 is 0 Å². The number of carbonyl (C=O) groups excluding carboxylic acids is 1. The number of hydrogen-bond donors (Lipinski definition) is 3. The summed E-state index contributed by atoms with van der Waals surface area (Å²) in [6.45, 7) is 15.1. The van der Waals surface area contributed by atoms with Gasteiger partial charge in [0.2, 0.25) is 5.91 Å². The van der Waals surface area contributed by atoms with Crippen LogP contribution in [0.1, 0.15) is 53.9 Å². The van der Waals surface area contributed by atoms with E-state index < -0.39 is 0 Å². The molecule has 0 atom stereocenters. The molecule has 0 aromatic rings. The standard InChI is InChI=1S/C18H37N5O/c1-6-19-18(22-12-11-20-17(24)16-8-9-16)21-10-7-13-23(14(2)3)15(4)5/h14-16H,6-13H2,1-5H3,(H,20,24)(H2,19,21,22). The maximum atomic E-state index is 11.6. The minimum Gasteiger partial charge on any atom is -0.357 e. The van der Waals surface area contributed by atoms with Crippen LogP contribution in [-0.2, 0) is 4.79 Å². The van der Waals surface area contributed by atoms with Gasteiger partial charge in [0.1, 0.15) is 0 Å². The van der Waals surface area contributed by atoms with Crippen molar-refractivity contribution in [3.63, 3.8) is 0 Å². The number of hydrogen-bond acceptors (Lipinski definition) is 3. The molecule has 0 bridgehead atoms. The van der Waals surface area contributed by atoms with Crippen molar-refractivity contribution < 1.29 is 4.79 Å². The molecular weight excluding hydrogens is 302 g/mol. The number of nitrogens with one attached hydrogen (secondary N) is 3. The molecule has 1 amide bonds. The Morgan fingerprint density at radius 1 is 1.08 bits per heavy atom. The highest BCUT2D eigenvalue weighted by Gasteiger charge is 2.28. The number of nitrogens with zero attached hydrogens (tertiary/aromatic N) is 2. The minimum atomic E-state index is 0.196. The molecule has 1 rings (SSSR count). The van der Waals surface area contributed by atoms with E-state index in [9.17, 15) is 4.79 Å². The third-order valence-corrected chi connectivity index (χ3v) is 4.18. The maximum Gasteiger partial charge on any atom is 0.223 e. The topological polar surface area (TPSA) is 68.8 Å². The van der Waals surface area contributed by atoms with Crippen molar-refractivity contribution in [2.45, 2.75) is 66.0 Å². The largest absolute Gasteiger partial charge is 0.357 e. The SMILES string of the molecule is CCNC(=NCCCN(C(C)C)C(C)C)NCCNC(=O)C1CC1. The van der Waals surface area contributed by atoms with Crippen LogP contribution in [0.4, 0.5) is 0 Å². The average molecular weight is 340 g/mol. The number of rotatable bonds is 11. The summed E-state index contributed by atoms with van der Waals surface area (Å²) in [5, 5.41) is 9.49. The van der Waals surface area contributed by atoms with E-state index in [0.29, 0.717) is 25.2 Å². The zero-order valence-corrected chi connectivity index (χ0v) is 16.2. The molecule has 0 aromatic carbocycles. The summed E-state index contributed by atoms with van der Waals surface area (Å²) in [6.07, 6.45) is 3.14. The Morgan fingerprint density at radius 2 is 1.71 bits per heavy atom. The molecule has 0 radical (unpaired) electrons. The summed E-state index contributed by atoms with van der Waals surface area (Å²) < 4.78 is 0. The summed E-state index contributed by atoms with van der Waals surface area (Å²) in [6, 6.07) is 1.13. The second-order valence-corrected chi connectivity index (χ2v) is 7.03. The van der Waals surface area contributed by atoms with Crippen LogP contribution in [-0.4, -0.2) is 61.6 Å². The number of aliphatic imine (C=N–C) groups is 1. The Balaban J connectivity index is 2.24. The molecule has 0 spiro atoms. The van der Waals surface area contributed by atoms with Crippen molar-refractivity contribution in [3.8, 4) is 0 Å². The van der Waals surface area contributed by atoms with Crippen LogP contribution in [0.5, 0.6) is 0 Å². The first-order valence-corrected chi connectivity index (χ1v) is 9.51. The lowest BCUT2D eigenvalue weighted by molar-refractivity contribution is -0.122. The van der Waals surface area contributed by atoms with Gasteiger partial charge >= 0.3 is 0 Å². The molecular formula is C18H37N5O. The van der Waals surface area contributed by atoms with Crippen molar-refractivity contribution in [1.29, 1.82) is 0 Å². The zero-order chi connectivity index (χ0) is 17.9. The molecule has 0 saturated heterocycles. The quantitative estimate of drug-likeness (QED) is 0.304. The zero-order valence-electron chi connectivity index (χ0n) is 16.2. The Labute approximate surface area is 147 Å². The van der Waals surface area contributed by atoms with Gasteiger partial charge < -0.3 is 16.0 Å². The summed E-state index contributed by atoms with van der Waals surface area (Å²) in [4.78, 5) is 18.7. The van der Waals surface area contributed by atoms with E-state index in [0.717, 1.165) is 44.9 Å². The fraction of sp³-hybridized carbons (Fsp3) is 0.889. The summed E-state index contributed by atoms with van der Waals surface area (Å²) in [5.74, 6) is 1.30. The molecule has 1 aliphatic carbocycles. The van der Waals surface area contributed by atoms with E-state index in [-0.39, 0.29) is 11.8 Å². The lowest BCUT2D eigenvalue weighted by atomic mass is 10.2. The summed E-state index contributed by atoms with van der Waals surface area (Å²) in [7, 11) is 0. The second-order valence-electron chi connectivity index (χ2n) is 7.03. The lowest BCUT2D eigenvalue weighted by Crippen LogP contribution is -2.42. The molecule has 0 aromatic heterocycles. The van der Waals surface area contributed by atoms with Gasteiger partial charge in [0.15, 0.2) is 5.96 Å². The van der Waals surface area contributed by atoms with Gasteiger partial charge in [-0.2, -0.15) is 0 Å². The van der Waals surface area contributed by atoms with Gasteiger partial charge in [0.05, 0.1) is 0 Å². The Hall–Kier alpha value is -1.30. The van der Waals surface area contributed by atoms with Crippen molar-refractivity contribution >= 4 is 11.9 Å². The van der Waals surface area contributed by atoms with Gasteiger partial charge in [-0.3, -0.25) is 14.7 Å². The Bertz CT molecular complexity index is 383. The molecule has 0 aliphatic heterocycles. The van der Waals surface area contributed by atoms with Gasteiger partial charge in [0.25, 0.3) is 0 Å². The third kappa shape index (κ3) is 8.52. The highest BCUT2D eigenvalue weighted by atomic mass is 16.2. The fourth-order valence-corrected chi connectivity index (χ4v) is 2.76. The molecule has 6 nitrogen and oxygen atoms in total. The first kappa shape index (κ1) is 20.7. The van der Waals surface area contributed by atoms with Crippen LogP contribution in [0.25, 0.3) is 0 Å². The first-order chi connectivity index (χ1) is 11.5. The number of guanidine groups is 1. The molecule has 1 fully saturated rings. The van der Waals surface area contributed by atoms with Gasteiger partial charge in [0, 0.05) is 50.7 Å². The van der Waals surface area contributed by atoms with Crippen LogP contribution < -0.4 is 16.0 Å². The third-order valence-electron chi connectivity index (χ3n) is 4.18. The van der Waals surface area contributed by atoms with Crippen molar-refractivity contribution in [1.82, 2.24) is 20.9 Å². The molecule has 0 unspecified atom stereocenters. The average Bonchev–Trinajstić information content (AvgIpc) is 3.34. The Kier molecular flexibility index (Phi) is 9.76. The van der Waals surface area contributed by atoms with Crippen molar-refractivity contribution in [2.75, 3.05) is 32.7 Å². The molecule has 1 saturated carbocycles. The highest BCUT2D eigenvalue weighted by Crippen LogP contribution is 2.28. The Morgan fingerprint density at radius 3 is 2.25 bits per heavy atom. The van der Waals surface area contributed by atoms with E-state index in [4.69, 9.17) is 0 Å². The smallest absolute Gasteiger partial charge is 0.223 e. The minimum absolute atomic E-state index is 0.196. The second kappa shape index (κ2) is 11.3. The monoisotopic (exact) mass is 339 g/mol. The number of amides is 1. The fourth-order valence-electron chi connectivity index (χ4n) is 2.76. The molecule has 1 aliphatic rings. The summed E-state index contributed by atoms with van der Waals surface area (Å²) >= 11 is 0. The van der Waals surface area contributed by atoms with Crippen LogP contribution in [0.2, 0.25) is 0 Å². The van der Waals surface area contributed by atoms with Gasteiger partial charge in [-0.15, -0.1) is 0 Å². The highest BCUT2D eigenvalue weighted by molar-refractivity contribution is 5.81. The van der Waals surface area contributed by atoms with E-state index in [1.165, 1.54) is 0 Å². The van der Waals surface area contributed by atoms with Crippen LogP contribution in [0.3, 0.4) is 0 Å². The lowest BCUT2D eigenvalue weighted by Gasteiger charge is -2.30. The normalized spacial score (nSPS) is 15.2. The molecule has 140 valence electrons. The first-order valence-electron chi connectivity index (χ1n) is 9.51. The maximum absolute atomic E-state index is 11.6. The molecule has 24 heavy (non-hydrogen) atoms. The van der Waals surface area contributed by atoms with E-state index in [2.05, 4.69) is 60.5 Å². The van der Waals surface area contributed by atoms with Crippen molar-refractivity contribution in [3.05, 3.63) is 0 Å². The predicted molar refractivity (Wildman–Crippen MR) is 101 cm³/mol. The van der Waals surface area contributed by atoms with Crippen LogP contribution in [0.15, 0.2) is 4.99 Å². The molecule has 6 heteroatoms. The van der Waals surface area contributed by atoms with Gasteiger partial charge in [-0.1, -0.05) is 0 Å². The van der Waals surface area contributed by atoms with E-state index in [1.54, 1.807) is 0 Å². The van der Waals surface area contributed by atoms with Crippen LogP contribution in [0, 0.1) is 5.92 Å². The van der Waals surface area contributed by atoms with E-state index >= 15 is 0 Å². The number of carbonyl (C=O) groups is 1. The summed E-state index contributed by atoms with van der Waals surface area (Å²) in [5.41, 5.74) is 0. The van der Waals surface area contributed by atoms with E-state index in [1.807, 2.05) is 0 Å². The van der Waals surface area contributed by atoms with Gasteiger partial charge in [-0.05, 0) is 53.9 Å².